The SMILES string of the molecule is CSc1nc2ccccc2c(NCC(C)C)c1C(C)=O. The molecule has 0 aliphatic rings. The largest absolute Gasteiger partial charge is 0.384 e. The molecule has 2 rings (SSSR count). The molecule has 0 saturated carbocycles. The zero-order chi connectivity index (χ0) is 14.7. The van der Waals surface area contributed by atoms with E-state index in [1.165, 1.54) is 11.8 Å². The Hall–Kier alpha value is -1.55. The summed E-state index contributed by atoms with van der Waals surface area (Å²) in [6.45, 7) is 6.74. The molecule has 1 N–H and O–H groups in total. The van der Waals surface area contributed by atoms with Crippen molar-refractivity contribution in [2.45, 2.75) is 25.8 Å². The van der Waals surface area contributed by atoms with Gasteiger partial charge in [0.1, 0.15) is 5.03 Å². The minimum atomic E-state index is 0.0545. The number of thioether (sulfide) groups is 1. The van der Waals surface area contributed by atoms with E-state index >= 15 is 0 Å². The van der Waals surface area contributed by atoms with E-state index in [-0.39, 0.29) is 5.78 Å². The highest BCUT2D eigenvalue weighted by Gasteiger charge is 2.18. The van der Waals surface area contributed by atoms with Crippen LogP contribution in [0.2, 0.25) is 0 Å². The van der Waals surface area contributed by atoms with Gasteiger partial charge in [0.25, 0.3) is 0 Å². The third-order valence-electron chi connectivity index (χ3n) is 3.09. The van der Waals surface area contributed by atoms with Gasteiger partial charge in [0.2, 0.25) is 0 Å². The number of carbonyl (C=O) groups is 1. The Morgan fingerprint density at radius 3 is 2.65 bits per heavy atom. The van der Waals surface area contributed by atoms with Gasteiger partial charge < -0.3 is 5.32 Å². The molecule has 0 radical (unpaired) electrons. The first-order chi connectivity index (χ1) is 9.54. The Bertz CT molecular complexity index is 638. The summed E-state index contributed by atoms with van der Waals surface area (Å²) in [6, 6.07) is 7.95. The molecule has 4 heteroatoms. The topological polar surface area (TPSA) is 42.0 Å². The number of rotatable bonds is 5. The number of pyridine rings is 1. The standard InChI is InChI=1S/C16H20N2OS/c1-10(2)9-17-15-12-7-5-6-8-13(12)18-16(20-4)14(15)11(3)19/h5-8,10H,9H2,1-4H3,(H,17,18). The van der Waals surface area contributed by atoms with Crippen molar-refractivity contribution < 1.29 is 4.79 Å². The summed E-state index contributed by atoms with van der Waals surface area (Å²) >= 11 is 1.52. The quantitative estimate of drug-likeness (QED) is 0.660. The molecule has 0 atom stereocenters. The Morgan fingerprint density at radius 2 is 2.05 bits per heavy atom. The van der Waals surface area contributed by atoms with E-state index in [0.717, 1.165) is 28.2 Å². The summed E-state index contributed by atoms with van der Waals surface area (Å²) in [7, 11) is 0. The molecular formula is C16H20N2OS. The molecule has 1 heterocycles. The van der Waals surface area contributed by atoms with Crippen molar-refractivity contribution in [1.82, 2.24) is 4.98 Å². The number of para-hydroxylation sites is 1. The molecule has 0 aliphatic carbocycles. The van der Waals surface area contributed by atoms with Gasteiger partial charge >= 0.3 is 0 Å². The molecule has 106 valence electrons. The maximum atomic E-state index is 12.0. The third-order valence-corrected chi connectivity index (χ3v) is 3.77. The van der Waals surface area contributed by atoms with Crippen LogP contribution in [0.4, 0.5) is 5.69 Å². The molecule has 20 heavy (non-hydrogen) atoms. The van der Waals surface area contributed by atoms with Gasteiger partial charge in [0, 0.05) is 11.9 Å². The Morgan fingerprint density at radius 1 is 1.35 bits per heavy atom. The Labute approximate surface area is 124 Å². The predicted molar refractivity (Wildman–Crippen MR) is 86.9 cm³/mol. The number of aromatic nitrogens is 1. The average Bonchev–Trinajstić information content (AvgIpc) is 2.43. The zero-order valence-electron chi connectivity index (χ0n) is 12.4. The molecule has 0 spiro atoms. The first kappa shape index (κ1) is 14.9. The van der Waals surface area contributed by atoms with E-state index in [1.807, 2.05) is 30.5 Å². The van der Waals surface area contributed by atoms with Gasteiger partial charge in [-0.15, -0.1) is 11.8 Å². The van der Waals surface area contributed by atoms with Gasteiger partial charge in [0.05, 0.1) is 16.8 Å². The van der Waals surface area contributed by atoms with Gasteiger partial charge in [-0.2, -0.15) is 0 Å². The van der Waals surface area contributed by atoms with Gasteiger partial charge in [-0.1, -0.05) is 32.0 Å². The van der Waals surface area contributed by atoms with Crippen LogP contribution in [0.15, 0.2) is 29.3 Å². The van der Waals surface area contributed by atoms with Crippen LogP contribution in [0.5, 0.6) is 0 Å². The van der Waals surface area contributed by atoms with Gasteiger partial charge in [0.15, 0.2) is 5.78 Å². The molecule has 0 bridgehead atoms. The normalized spacial score (nSPS) is 11.1. The minimum absolute atomic E-state index is 0.0545. The summed E-state index contributed by atoms with van der Waals surface area (Å²) in [5.74, 6) is 0.568. The van der Waals surface area contributed by atoms with E-state index in [2.05, 4.69) is 24.1 Å². The van der Waals surface area contributed by atoms with E-state index in [0.29, 0.717) is 11.5 Å². The average molecular weight is 288 g/mol. The minimum Gasteiger partial charge on any atom is -0.384 e. The van der Waals surface area contributed by atoms with Crippen LogP contribution in [0.1, 0.15) is 31.1 Å². The molecule has 0 saturated heterocycles. The van der Waals surface area contributed by atoms with E-state index in [9.17, 15) is 4.79 Å². The van der Waals surface area contributed by atoms with Crippen molar-refractivity contribution >= 4 is 34.1 Å². The highest BCUT2D eigenvalue weighted by atomic mass is 32.2. The summed E-state index contributed by atoms with van der Waals surface area (Å²) in [5.41, 5.74) is 2.55. The fraction of sp³-hybridized carbons (Fsp3) is 0.375. The molecule has 1 aromatic heterocycles. The molecule has 0 aliphatic heterocycles. The van der Waals surface area contributed by atoms with Crippen LogP contribution in [0.25, 0.3) is 10.9 Å². The van der Waals surface area contributed by atoms with Crippen LogP contribution in [-0.2, 0) is 0 Å². The van der Waals surface area contributed by atoms with Gasteiger partial charge in [-0.25, -0.2) is 4.98 Å². The van der Waals surface area contributed by atoms with Crippen LogP contribution in [0.3, 0.4) is 0 Å². The van der Waals surface area contributed by atoms with E-state index in [1.54, 1.807) is 6.92 Å². The lowest BCUT2D eigenvalue weighted by molar-refractivity contribution is 0.101. The second kappa shape index (κ2) is 6.27. The molecule has 0 amide bonds. The lowest BCUT2D eigenvalue weighted by atomic mass is 10.1. The third kappa shape index (κ3) is 2.96. The number of hydrogen-bond donors (Lipinski definition) is 1. The van der Waals surface area contributed by atoms with Crippen molar-refractivity contribution in [2.24, 2.45) is 5.92 Å². The number of nitrogens with zero attached hydrogens (tertiary/aromatic N) is 1. The summed E-state index contributed by atoms with van der Waals surface area (Å²) < 4.78 is 0. The van der Waals surface area contributed by atoms with Crippen LogP contribution >= 0.6 is 11.8 Å². The molecule has 3 nitrogen and oxygen atoms in total. The number of hydrogen-bond acceptors (Lipinski definition) is 4. The molecule has 2 aromatic rings. The second-order valence-corrected chi connectivity index (χ2v) is 6.01. The summed E-state index contributed by atoms with van der Waals surface area (Å²) in [4.78, 5) is 16.6. The smallest absolute Gasteiger partial charge is 0.164 e. The number of ketones is 1. The molecule has 0 unspecified atom stereocenters. The van der Waals surface area contributed by atoms with Crippen molar-refractivity contribution in [3.63, 3.8) is 0 Å². The fourth-order valence-electron chi connectivity index (χ4n) is 2.15. The molecular weight excluding hydrogens is 268 g/mol. The highest BCUT2D eigenvalue weighted by Crippen LogP contribution is 2.33. The highest BCUT2D eigenvalue weighted by molar-refractivity contribution is 7.98. The van der Waals surface area contributed by atoms with Crippen LogP contribution in [-0.4, -0.2) is 23.6 Å². The summed E-state index contributed by atoms with van der Waals surface area (Å²) in [5, 5.41) is 5.24. The lowest BCUT2D eigenvalue weighted by Crippen LogP contribution is -2.13. The van der Waals surface area contributed by atoms with Gasteiger partial charge in [-0.3, -0.25) is 4.79 Å². The number of carbonyl (C=O) groups excluding carboxylic acids is 1. The first-order valence-electron chi connectivity index (χ1n) is 6.76. The number of anilines is 1. The fourth-order valence-corrected chi connectivity index (χ4v) is 2.79. The number of benzene rings is 1. The van der Waals surface area contributed by atoms with Crippen molar-refractivity contribution in [2.75, 3.05) is 18.1 Å². The number of Topliss-reactive ketones (excluding diaryl/α,β-unsaturated/α-hetero) is 1. The van der Waals surface area contributed by atoms with Crippen LogP contribution < -0.4 is 5.32 Å². The number of nitrogens with one attached hydrogen (secondary N) is 1. The summed E-state index contributed by atoms with van der Waals surface area (Å²) in [6.07, 6.45) is 1.95. The van der Waals surface area contributed by atoms with Gasteiger partial charge in [-0.05, 0) is 25.2 Å². The maximum Gasteiger partial charge on any atom is 0.164 e. The Kier molecular flexibility index (Phi) is 4.65. The van der Waals surface area contributed by atoms with Crippen molar-refractivity contribution in [3.05, 3.63) is 29.8 Å². The molecule has 0 fully saturated rings. The van der Waals surface area contributed by atoms with Crippen molar-refractivity contribution in [3.8, 4) is 0 Å². The van der Waals surface area contributed by atoms with E-state index < -0.39 is 0 Å². The zero-order valence-corrected chi connectivity index (χ0v) is 13.2. The van der Waals surface area contributed by atoms with Crippen LogP contribution in [0, 0.1) is 5.92 Å². The first-order valence-corrected chi connectivity index (χ1v) is 7.98. The second-order valence-electron chi connectivity index (χ2n) is 5.22. The predicted octanol–water partition coefficient (Wildman–Crippen LogP) is 4.23. The Balaban J connectivity index is 2.69. The monoisotopic (exact) mass is 288 g/mol. The van der Waals surface area contributed by atoms with Crippen molar-refractivity contribution in [1.29, 1.82) is 0 Å². The maximum absolute atomic E-state index is 12.0. The lowest BCUT2D eigenvalue weighted by Gasteiger charge is -2.17. The van der Waals surface area contributed by atoms with E-state index in [4.69, 9.17) is 0 Å². The molecule has 1 aromatic carbocycles. The number of fused-ring (bicyclic) bond motifs is 1.